The summed E-state index contributed by atoms with van der Waals surface area (Å²) < 4.78 is 5.33. The minimum atomic E-state index is -0.530. The summed E-state index contributed by atoms with van der Waals surface area (Å²) in [6.45, 7) is 4.26. The number of carbonyl (C=O) groups excluding carboxylic acids is 2. The number of amides is 2. The van der Waals surface area contributed by atoms with Crippen LogP contribution in [0, 0.1) is 6.92 Å². The van der Waals surface area contributed by atoms with E-state index in [1.165, 1.54) is 5.56 Å². The Morgan fingerprint density at radius 3 is 2.48 bits per heavy atom. The highest BCUT2D eigenvalue weighted by atomic mass is 16.5. The van der Waals surface area contributed by atoms with Crippen LogP contribution in [0.1, 0.15) is 55.7 Å². The van der Waals surface area contributed by atoms with Gasteiger partial charge in [-0.15, -0.1) is 0 Å². The van der Waals surface area contributed by atoms with Crippen LogP contribution in [-0.4, -0.2) is 35.9 Å². The maximum atomic E-state index is 13.2. The molecule has 0 aliphatic heterocycles. The van der Waals surface area contributed by atoms with E-state index in [4.69, 9.17) is 4.74 Å². The van der Waals surface area contributed by atoms with Gasteiger partial charge >= 0.3 is 0 Å². The molecule has 1 atom stereocenters. The average molecular weight is 423 g/mol. The third-order valence-corrected chi connectivity index (χ3v) is 6.10. The van der Waals surface area contributed by atoms with Gasteiger partial charge in [0.1, 0.15) is 11.8 Å². The topological polar surface area (TPSA) is 58.6 Å². The Hall–Kier alpha value is -2.82. The van der Waals surface area contributed by atoms with Gasteiger partial charge in [-0.05, 0) is 56.4 Å². The summed E-state index contributed by atoms with van der Waals surface area (Å²) in [7, 11) is 1.63. The van der Waals surface area contributed by atoms with E-state index in [9.17, 15) is 9.59 Å². The first kappa shape index (κ1) is 22.9. The molecule has 166 valence electrons. The summed E-state index contributed by atoms with van der Waals surface area (Å²) in [4.78, 5) is 27.9. The van der Waals surface area contributed by atoms with Gasteiger partial charge in [-0.25, -0.2) is 0 Å². The van der Waals surface area contributed by atoms with E-state index in [-0.39, 0.29) is 17.9 Å². The van der Waals surface area contributed by atoms with Gasteiger partial charge in [-0.3, -0.25) is 9.59 Å². The second-order valence-electron chi connectivity index (χ2n) is 8.52. The molecular weight excluding hydrogens is 388 g/mol. The number of nitrogens with zero attached hydrogens (tertiary/aromatic N) is 1. The molecule has 1 aliphatic carbocycles. The van der Waals surface area contributed by atoms with Gasteiger partial charge < -0.3 is 15.0 Å². The molecule has 0 radical (unpaired) electrons. The van der Waals surface area contributed by atoms with Crippen LogP contribution in [0.4, 0.5) is 0 Å². The number of ether oxygens (including phenoxy) is 1. The molecule has 2 aromatic rings. The fourth-order valence-corrected chi connectivity index (χ4v) is 4.09. The van der Waals surface area contributed by atoms with Crippen molar-refractivity contribution < 1.29 is 14.3 Å². The van der Waals surface area contributed by atoms with E-state index in [2.05, 4.69) is 36.5 Å². The number of aryl methyl sites for hydroxylation is 2. The van der Waals surface area contributed by atoms with Crippen molar-refractivity contribution >= 4 is 11.8 Å². The highest BCUT2D eigenvalue weighted by Gasteiger charge is 2.28. The standard InChI is InChI=1S/C26H34N2O3/c1-19-11-13-21(14-12-19)15-16-25(29)28(18-22-7-6-10-24(17-22)31-3)20(2)26(30)27-23-8-4-5-9-23/h6-7,10-14,17,20,23H,4-5,8-9,15-16,18H2,1-3H3,(H,27,30). The van der Waals surface area contributed by atoms with Crippen molar-refractivity contribution in [3.8, 4) is 5.75 Å². The van der Waals surface area contributed by atoms with Crippen molar-refractivity contribution in [2.24, 2.45) is 0 Å². The smallest absolute Gasteiger partial charge is 0.242 e. The van der Waals surface area contributed by atoms with Gasteiger partial charge in [0, 0.05) is 19.0 Å². The third kappa shape index (κ3) is 6.58. The number of rotatable bonds is 9. The molecule has 1 aliphatic rings. The summed E-state index contributed by atoms with van der Waals surface area (Å²) in [6, 6.07) is 15.6. The van der Waals surface area contributed by atoms with Crippen molar-refractivity contribution in [1.29, 1.82) is 0 Å². The predicted octanol–water partition coefficient (Wildman–Crippen LogP) is 4.41. The molecule has 1 N–H and O–H groups in total. The molecular formula is C26H34N2O3. The Morgan fingerprint density at radius 2 is 1.81 bits per heavy atom. The van der Waals surface area contributed by atoms with Crippen molar-refractivity contribution in [2.75, 3.05) is 7.11 Å². The molecule has 0 spiro atoms. The highest BCUT2D eigenvalue weighted by molar-refractivity contribution is 5.87. The van der Waals surface area contributed by atoms with E-state index < -0.39 is 6.04 Å². The maximum absolute atomic E-state index is 13.2. The SMILES string of the molecule is COc1cccc(CN(C(=O)CCc2ccc(C)cc2)C(C)C(=O)NC2CCCC2)c1. The molecule has 31 heavy (non-hydrogen) atoms. The normalized spacial score (nSPS) is 14.8. The van der Waals surface area contributed by atoms with Gasteiger partial charge in [0.05, 0.1) is 7.11 Å². The fourth-order valence-electron chi connectivity index (χ4n) is 4.09. The van der Waals surface area contributed by atoms with Gasteiger partial charge in [0.25, 0.3) is 0 Å². The first-order chi connectivity index (χ1) is 15.0. The average Bonchev–Trinajstić information content (AvgIpc) is 3.29. The zero-order chi connectivity index (χ0) is 22.2. The molecule has 1 unspecified atom stereocenters. The van der Waals surface area contributed by atoms with Gasteiger partial charge in [0.15, 0.2) is 0 Å². The van der Waals surface area contributed by atoms with Crippen molar-refractivity contribution in [3.63, 3.8) is 0 Å². The lowest BCUT2D eigenvalue weighted by Gasteiger charge is -2.30. The van der Waals surface area contributed by atoms with Crippen molar-refractivity contribution in [3.05, 3.63) is 65.2 Å². The number of nitrogens with one attached hydrogen (secondary N) is 1. The van der Waals surface area contributed by atoms with Crippen molar-refractivity contribution in [1.82, 2.24) is 10.2 Å². The minimum Gasteiger partial charge on any atom is -0.497 e. The Morgan fingerprint density at radius 1 is 1.10 bits per heavy atom. The summed E-state index contributed by atoms with van der Waals surface area (Å²) in [6.07, 6.45) is 5.38. The van der Waals surface area contributed by atoms with Crippen LogP contribution < -0.4 is 10.1 Å². The fraction of sp³-hybridized carbons (Fsp3) is 0.462. The summed E-state index contributed by atoms with van der Waals surface area (Å²) in [5, 5.41) is 3.14. The molecule has 5 nitrogen and oxygen atoms in total. The molecule has 5 heteroatoms. The monoisotopic (exact) mass is 422 g/mol. The summed E-state index contributed by atoms with van der Waals surface area (Å²) in [5.74, 6) is 0.656. The van der Waals surface area contributed by atoms with Gasteiger partial charge in [0.2, 0.25) is 11.8 Å². The molecule has 0 saturated heterocycles. The van der Waals surface area contributed by atoms with Crippen LogP contribution in [0.3, 0.4) is 0 Å². The number of methoxy groups -OCH3 is 1. The first-order valence-electron chi connectivity index (χ1n) is 11.2. The lowest BCUT2D eigenvalue weighted by Crippen LogP contribution is -2.49. The van der Waals surface area contributed by atoms with E-state index in [0.29, 0.717) is 19.4 Å². The molecule has 0 heterocycles. The van der Waals surface area contributed by atoms with Crippen LogP contribution >= 0.6 is 0 Å². The second-order valence-corrected chi connectivity index (χ2v) is 8.52. The first-order valence-corrected chi connectivity index (χ1v) is 11.2. The van der Waals surface area contributed by atoms with Crippen LogP contribution in [0.5, 0.6) is 5.75 Å². The number of hydrogen-bond acceptors (Lipinski definition) is 3. The Kier molecular flexibility index (Phi) is 8.10. The maximum Gasteiger partial charge on any atom is 0.242 e. The molecule has 0 aromatic heterocycles. The number of carbonyl (C=O) groups is 2. The predicted molar refractivity (Wildman–Crippen MR) is 123 cm³/mol. The second kappa shape index (κ2) is 11.0. The van der Waals surface area contributed by atoms with E-state index in [1.807, 2.05) is 31.2 Å². The molecule has 3 rings (SSSR count). The lowest BCUT2D eigenvalue weighted by atomic mass is 10.1. The van der Waals surface area contributed by atoms with Crippen LogP contribution in [0.15, 0.2) is 48.5 Å². The molecule has 1 saturated carbocycles. The molecule has 1 fully saturated rings. The number of benzene rings is 2. The zero-order valence-corrected chi connectivity index (χ0v) is 18.9. The summed E-state index contributed by atoms with van der Waals surface area (Å²) in [5.41, 5.74) is 3.28. The molecule has 2 amide bonds. The molecule has 2 aromatic carbocycles. The van der Waals surface area contributed by atoms with Crippen LogP contribution in [0.2, 0.25) is 0 Å². The zero-order valence-electron chi connectivity index (χ0n) is 18.9. The quantitative estimate of drug-likeness (QED) is 0.651. The Balaban J connectivity index is 1.72. The highest BCUT2D eigenvalue weighted by Crippen LogP contribution is 2.20. The Bertz CT molecular complexity index is 872. The number of hydrogen-bond donors (Lipinski definition) is 1. The third-order valence-electron chi connectivity index (χ3n) is 6.10. The van der Waals surface area contributed by atoms with Gasteiger partial charge in [-0.1, -0.05) is 54.8 Å². The van der Waals surface area contributed by atoms with E-state index in [0.717, 1.165) is 42.6 Å². The largest absolute Gasteiger partial charge is 0.497 e. The van der Waals surface area contributed by atoms with Crippen LogP contribution in [-0.2, 0) is 22.6 Å². The van der Waals surface area contributed by atoms with Gasteiger partial charge in [-0.2, -0.15) is 0 Å². The summed E-state index contributed by atoms with van der Waals surface area (Å²) >= 11 is 0. The lowest BCUT2D eigenvalue weighted by molar-refractivity contribution is -0.140. The van der Waals surface area contributed by atoms with E-state index in [1.54, 1.807) is 12.0 Å². The van der Waals surface area contributed by atoms with Crippen molar-refractivity contribution in [2.45, 2.75) is 71.0 Å². The molecule has 0 bridgehead atoms. The Labute approximate surface area is 185 Å². The van der Waals surface area contributed by atoms with Crippen LogP contribution in [0.25, 0.3) is 0 Å². The minimum absolute atomic E-state index is 0.0162. The van der Waals surface area contributed by atoms with E-state index >= 15 is 0 Å².